The lowest BCUT2D eigenvalue weighted by Crippen LogP contribution is -2.30. The molecule has 0 unspecified atom stereocenters. The molecule has 7 heteroatoms. The summed E-state index contributed by atoms with van der Waals surface area (Å²) < 4.78 is 1.88. The number of carbonyl (C=O) groups excluding carboxylic acids is 1. The SMILES string of the molecule is C[C@@H]1CCCN1c1c(C(N)=O)c2c(N)ncnc2n1C. The first kappa shape index (κ1) is 12.7. The second kappa shape index (κ2) is 4.36. The van der Waals surface area contributed by atoms with Crippen LogP contribution in [0.5, 0.6) is 0 Å². The maximum absolute atomic E-state index is 11.9. The van der Waals surface area contributed by atoms with E-state index >= 15 is 0 Å². The minimum atomic E-state index is -0.494. The minimum absolute atomic E-state index is 0.289. The Morgan fingerprint density at radius 3 is 2.80 bits per heavy atom. The maximum atomic E-state index is 11.9. The van der Waals surface area contributed by atoms with Crippen LogP contribution in [0, 0.1) is 0 Å². The highest BCUT2D eigenvalue weighted by Gasteiger charge is 2.30. The second-order valence-corrected chi connectivity index (χ2v) is 5.26. The van der Waals surface area contributed by atoms with Crippen molar-refractivity contribution in [2.24, 2.45) is 12.8 Å². The van der Waals surface area contributed by atoms with Crippen molar-refractivity contribution in [2.75, 3.05) is 17.2 Å². The molecular formula is C13H18N6O. The van der Waals surface area contributed by atoms with Crippen LogP contribution in [-0.4, -0.2) is 33.0 Å². The standard InChI is InChI=1S/C13H18N6O/c1-7-4-3-5-19(7)13-9(11(15)20)8-10(14)16-6-17-12(8)18(13)2/h6-7H,3-5H2,1-2H3,(H2,15,20)(H2,14,16,17)/t7-/m1/s1. The summed E-state index contributed by atoms with van der Waals surface area (Å²) in [5, 5.41) is 0.552. The number of hydrogen-bond donors (Lipinski definition) is 2. The number of fused-ring (bicyclic) bond motifs is 1. The van der Waals surface area contributed by atoms with Crippen LogP contribution in [0.25, 0.3) is 11.0 Å². The van der Waals surface area contributed by atoms with Gasteiger partial charge in [0.1, 0.15) is 23.6 Å². The molecule has 0 aliphatic carbocycles. The summed E-state index contributed by atoms with van der Waals surface area (Å²) in [6, 6.07) is 0.366. The molecule has 3 rings (SSSR count). The summed E-state index contributed by atoms with van der Waals surface area (Å²) in [6.07, 6.45) is 3.60. The molecule has 20 heavy (non-hydrogen) atoms. The summed E-state index contributed by atoms with van der Waals surface area (Å²) in [5.74, 6) is 0.591. The van der Waals surface area contributed by atoms with Gasteiger partial charge in [-0.1, -0.05) is 0 Å². The molecule has 1 fully saturated rings. The molecule has 3 heterocycles. The molecule has 1 atom stereocenters. The fourth-order valence-corrected chi connectivity index (χ4v) is 3.08. The van der Waals surface area contributed by atoms with Crippen molar-refractivity contribution in [3.63, 3.8) is 0 Å². The third kappa shape index (κ3) is 1.62. The van der Waals surface area contributed by atoms with Crippen molar-refractivity contribution >= 4 is 28.6 Å². The van der Waals surface area contributed by atoms with E-state index in [-0.39, 0.29) is 5.82 Å². The number of amides is 1. The summed E-state index contributed by atoms with van der Waals surface area (Å²) in [4.78, 5) is 22.3. The van der Waals surface area contributed by atoms with Crippen LogP contribution >= 0.6 is 0 Å². The topological polar surface area (TPSA) is 103 Å². The molecule has 4 N–H and O–H groups in total. The molecule has 0 spiro atoms. The van der Waals surface area contributed by atoms with E-state index < -0.39 is 5.91 Å². The van der Waals surface area contributed by atoms with E-state index in [1.807, 2.05) is 11.6 Å². The van der Waals surface area contributed by atoms with Gasteiger partial charge >= 0.3 is 0 Å². The summed E-state index contributed by atoms with van der Waals surface area (Å²) in [7, 11) is 1.88. The number of nitrogens with zero attached hydrogens (tertiary/aromatic N) is 4. The van der Waals surface area contributed by atoms with E-state index in [1.54, 1.807) is 0 Å². The van der Waals surface area contributed by atoms with Crippen LogP contribution in [0.4, 0.5) is 11.6 Å². The first-order chi connectivity index (χ1) is 9.52. The summed E-state index contributed by atoms with van der Waals surface area (Å²) in [6.45, 7) is 3.05. The van der Waals surface area contributed by atoms with E-state index in [0.29, 0.717) is 22.6 Å². The largest absolute Gasteiger partial charge is 0.383 e. The van der Waals surface area contributed by atoms with Crippen LogP contribution in [-0.2, 0) is 7.05 Å². The molecule has 1 aliphatic rings. The van der Waals surface area contributed by atoms with Gasteiger partial charge in [0.2, 0.25) is 0 Å². The van der Waals surface area contributed by atoms with Crippen LogP contribution in [0.2, 0.25) is 0 Å². The van der Waals surface area contributed by atoms with Gasteiger partial charge in [-0.2, -0.15) is 0 Å². The van der Waals surface area contributed by atoms with Crippen molar-refractivity contribution in [1.82, 2.24) is 14.5 Å². The number of aryl methyl sites for hydroxylation is 1. The second-order valence-electron chi connectivity index (χ2n) is 5.26. The monoisotopic (exact) mass is 274 g/mol. The highest BCUT2D eigenvalue weighted by atomic mass is 16.1. The van der Waals surface area contributed by atoms with Crippen LogP contribution < -0.4 is 16.4 Å². The Labute approximate surface area is 116 Å². The first-order valence-electron chi connectivity index (χ1n) is 6.67. The zero-order valence-corrected chi connectivity index (χ0v) is 11.6. The molecule has 7 nitrogen and oxygen atoms in total. The van der Waals surface area contributed by atoms with Crippen molar-refractivity contribution in [3.05, 3.63) is 11.9 Å². The number of carbonyl (C=O) groups is 1. The molecule has 1 aliphatic heterocycles. The Balaban J connectivity index is 2.36. The van der Waals surface area contributed by atoms with Crippen molar-refractivity contribution in [2.45, 2.75) is 25.8 Å². The first-order valence-corrected chi connectivity index (χ1v) is 6.67. The van der Waals surface area contributed by atoms with Crippen molar-refractivity contribution in [3.8, 4) is 0 Å². The van der Waals surface area contributed by atoms with Crippen LogP contribution in [0.15, 0.2) is 6.33 Å². The summed E-state index contributed by atoms with van der Waals surface area (Å²) >= 11 is 0. The van der Waals surface area contributed by atoms with Crippen LogP contribution in [0.3, 0.4) is 0 Å². The van der Waals surface area contributed by atoms with E-state index in [2.05, 4.69) is 21.8 Å². The molecule has 1 saturated heterocycles. The lowest BCUT2D eigenvalue weighted by Gasteiger charge is -2.25. The fraction of sp³-hybridized carbons (Fsp3) is 0.462. The number of primary amides is 1. The lowest BCUT2D eigenvalue weighted by molar-refractivity contribution is 0.100. The smallest absolute Gasteiger partial charge is 0.253 e. The highest BCUT2D eigenvalue weighted by molar-refractivity contribution is 6.13. The number of rotatable bonds is 2. The Bertz CT molecular complexity index is 692. The van der Waals surface area contributed by atoms with E-state index in [1.165, 1.54) is 6.33 Å². The van der Waals surface area contributed by atoms with Gasteiger partial charge in [0.05, 0.1) is 10.9 Å². The molecule has 0 aromatic carbocycles. The average Bonchev–Trinajstić information content (AvgIpc) is 2.93. The lowest BCUT2D eigenvalue weighted by atomic mass is 10.2. The Kier molecular flexibility index (Phi) is 2.77. The van der Waals surface area contributed by atoms with Gasteiger partial charge < -0.3 is 20.9 Å². The predicted octanol–water partition coefficient (Wildman–Crippen LogP) is 0.638. The number of aromatic nitrogens is 3. The highest BCUT2D eigenvalue weighted by Crippen LogP contribution is 2.36. The zero-order valence-electron chi connectivity index (χ0n) is 11.6. The Hall–Kier alpha value is -2.31. The minimum Gasteiger partial charge on any atom is -0.383 e. The average molecular weight is 274 g/mol. The van der Waals surface area contributed by atoms with Gasteiger partial charge in [0.15, 0.2) is 0 Å². The number of hydrogen-bond acceptors (Lipinski definition) is 5. The van der Waals surface area contributed by atoms with E-state index in [4.69, 9.17) is 11.5 Å². The summed E-state index contributed by atoms with van der Waals surface area (Å²) in [5.41, 5.74) is 12.6. The fourth-order valence-electron chi connectivity index (χ4n) is 3.08. The zero-order chi connectivity index (χ0) is 14.4. The molecule has 0 radical (unpaired) electrons. The van der Waals surface area contributed by atoms with Gasteiger partial charge in [-0.15, -0.1) is 0 Å². The predicted molar refractivity (Wildman–Crippen MR) is 77.5 cm³/mol. The number of nitrogen functional groups attached to an aromatic ring is 1. The van der Waals surface area contributed by atoms with Crippen LogP contribution in [0.1, 0.15) is 30.1 Å². The van der Waals surface area contributed by atoms with Gasteiger partial charge in [-0.3, -0.25) is 4.79 Å². The van der Waals surface area contributed by atoms with Gasteiger partial charge in [0.25, 0.3) is 5.91 Å². The Morgan fingerprint density at radius 2 is 2.20 bits per heavy atom. The third-order valence-corrected chi connectivity index (χ3v) is 4.04. The van der Waals surface area contributed by atoms with E-state index in [9.17, 15) is 4.79 Å². The van der Waals surface area contributed by atoms with Gasteiger partial charge in [0, 0.05) is 19.6 Å². The molecule has 0 saturated carbocycles. The van der Waals surface area contributed by atoms with Crippen molar-refractivity contribution < 1.29 is 4.79 Å². The van der Waals surface area contributed by atoms with Gasteiger partial charge in [-0.05, 0) is 19.8 Å². The quantitative estimate of drug-likeness (QED) is 0.836. The number of anilines is 2. The molecular weight excluding hydrogens is 256 g/mol. The Morgan fingerprint density at radius 1 is 1.45 bits per heavy atom. The third-order valence-electron chi connectivity index (χ3n) is 4.04. The van der Waals surface area contributed by atoms with Crippen molar-refractivity contribution in [1.29, 1.82) is 0 Å². The maximum Gasteiger partial charge on any atom is 0.253 e. The normalized spacial score (nSPS) is 18.9. The number of nitrogens with two attached hydrogens (primary N) is 2. The molecule has 1 amide bonds. The molecule has 0 bridgehead atoms. The van der Waals surface area contributed by atoms with Gasteiger partial charge in [-0.25, -0.2) is 9.97 Å². The molecule has 2 aromatic rings. The van der Waals surface area contributed by atoms with E-state index in [0.717, 1.165) is 25.2 Å². The molecule has 106 valence electrons. The molecule has 2 aromatic heterocycles.